The Hall–Kier alpha value is -1.03. The lowest BCUT2D eigenvalue weighted by atomic mass is 9.89. The fraction of sp³-hybridized carbons (Fsp3) is 0.533. The zero-order valence-corrected chi connectivity index (χ0v) is 12.3. The molecule has 112 valence electrons. The lowest BCUT2D eigenvalue weighted by Crippen LogP contribution is -2.16. The molecule has 5 heteroatoms. The highest BCUT2D eigenvalue weighted by Gasteiger charge is 2.32. The Kier molecular flexibility index (Phi) is 6.06. The standard InChI is InChI=1S/C15H18ClF3O/c1-3-5-10(6-4-2)14(20)12-9-11(15(17,18)19)7-8-13(12)16/h7-10H,3-6H2,1-2H3. The van der Waals surface area contributed by atoms with Gasteiger partial charge in [-0.05, 0) is 31.0 Å². The van der Waals surface area contributed by atoms with Gasteiger partial charge in [0, 0.05) is 11.5 Å². The van der Waals surface area contributed by atoms with E-state index in [1.807, 2.05) is 13.8 Å². The fourth-order valence-corrected chi connectivity index (χ4v) is 2.42. The van der Waals surface area contributed by atoms with E-state index in [1.165, 1.54) is 0 Å². The molecule has 0 spiro atoms. The molecule has 20 heavy (non-hydrogen) atoms. The van der Waals surface area contributed by atoms with Gasteiger partial charge >= 0.3 is 6.18 Å². The summed E-state index contributed by atoms with van der Waals surface area (Å²) in [5, 5.41) is 0.0835. The van der Waals surface area contributed by atoms with E-state index in [9.17, 15) is 18.0 Å². The van der Waals surface area contributed by atoms with Crippen LogP contribution in [-0.2, 0) is 6.18 Å². The number of hydrogen-bond donors (Lipinski definition) is 0. The summed E-state index contributed by atoms with van der Waals surface area (Å²) < 4.78 is 38.1. The first-order valence-electron chi connectivity index (χ1n) is 6.72. The van der Waals surface area contributed by atoms with E-state index in [1.54, 1.807) is 0 Å². The smallest absolute Gasteiger partial charge is 0.294 e. The van der Waals surface area contributed by atoms with Crippen LogP contribution in [0, 0.1) is 5.92 Å². The van der Waals surface area contributed by atoms with Crippen LogP contribution in [0.25, 0.3) is 0 Å². The number of rotatable bonds is 6. The maximum absolute atomic E-state index is 12.7. The Labute approximate surface area is 122 Å². The molecule has 1 aromatic rings. The van der Waals surface area contributed by atoms with Crippen molar-refractivity contribution in [3.05, 3.63) is 34.3 Å². The first-order valence-corrected chi connectivity index (χ1v) is 7.10. The van der Waals surface area contributed by atoms with Gasteiger partial charge in [-0.1, -0.05) is 38.3 Å². The van der Waals surface area contributed by atoms with Crippen LogP contribution < -0.4 is 0 Å². The minimum Gasteiger partial charge on any atom is -0.294 e. The average Bonchev–Trinajstić information content (AvgIpc) is 2.37. The molecule has 0 saturated heterocycles. The van der Waals surface area contributed by atoms with Gasteiger partial charge in [0.15, 0.2) is 5.78 Å². The van der Waals surface area contributed by atoms with Crippen LogP contribution in [0.2, 0.25) is 5.02 Å². The van der Waals surface area contributed by atoms with Crippen molar-refractivity contribution in [3.8, 4) is 0 Å². The zero-order chi connectivity index (χ0) is 15.3. The van der Waals surface area contributed by atoms with Crippen molar-refractivity contribution in [1.82, 2.24) is 0 Å². The molecular formula is C15H18ClF3O. The number of alkyl halides is 3. The van der Waals surface area contributed by atoms with Gasteiger partial charge in [-0.3, -0.25) is 4.79 Å². The molecule has 0 saturated carbocycles. The van der Waals surface area contributed by atoms with E-state index in [0.717, 1.165) is 31.0 Å². The quantitative estimate of drug-likeness (QED) is 0.611. The second-order valence-electron chi connectivity index (χ2n) is 4.83. The van der Waals surface area contributed by atoms with Crippen LogP contribution in [0.4, 0.5) is 13.2 Å². The van der Waals surface area contributed by atoms with Gasteiger partial charge in [-0.2, -0.15) is 13.2 Å². The molecule has 0 bridgehead atoms. The summed E-state index contributed by atoms with van der Waals surface area (Å²) >= 11 is 5.90. The minimum atomic E-state index is -4.47. The molecule has 0 atom stereocenters. The topological polar surface area (TPSA) is 17.1 Å². The number of carbonyl (C=O) groups excluding carboxylic acids is 1. The summed E-state index contributed by atoms with van der Waals surface area (Å²) in [5.74, 6) is -0.546. The molecule has 0 aliphatic heterocycles. The molecule has 0 N–H and O–H groups in total. The molecular weight excluding hydrogens is 289 g/mol. The largest absolute Gasteiger partial charge is 0.416 e. The molecule has 0 heterocycles. The van der Waals surface area contributed by atoms with Crippen molar-refractivity contribution in [2.24, 2.45) is 5.92 Å². The van der Waals surface area contributed by atoms with E-state index in [0.29, 0.717) is 12.8 Å². The Morgan fingerprint density at radius 1 is 1.20 bits per heavy atom. The molecule has 0 unspecified atom stereocenters. The monoisotopic (exact) mass is 306 g/mol. The summed E-state index contributed by atoms with van der Waals surface area (Å²) in [7, 11) is 0. The third-order valence-electron chi connectivity index (χ3n) is 3.20. The SMILES string of the molecule is CCCC(CCC)C(=O)c1cc(C(F)(F)F)ccc1Cl. The Morgan fingerprint density at radius 2 is 1.75 bits per heavy atom. The van der Waals surface area contributed by atoms with E-state index >= 15 is 0 Å². The van der Waals surface area contributed by atoms with Gasteiger partial charge in [-0.15, -0.1) is 0 Å². The zero-order valence-electron chi connectivity index (χ0n) is 11.6. The highest BCUT2D eigenvalue weighted by atomic mass is 35.5. The average molecular weight is 307 g/mol. The van der Waals surface area contributed by atoms with Gasteiger partial charge in [0.2, 0.25) is 0 Å². The van der Waals surface area contributed by atoms with Crippen molar-refractivity contribution >= 4 is 17.4 Å². The molecule has 0 aliphatic rings. The maximum atomic E-state index is 12.7. The second kappa shape index (κ2) is 7.11. The number of halogens is 4. The molecule has 1 rings (SSSR count). The molecule has 1 nitrogen and oxygen atoms in total. The van der Waals surface area contributed by atoms with Gasteiger partial charge < -0.3 is 0 Å². The van der Waals surface area contributed by atoms with Gasteiger partial charge in [0.05, 0.1) is 10.6 Å². The molecule has 0 aliphatic carbocycles. The maximum Gasteiger partial charge on any atom is 0.416 e. The Balaban J connectivity index is 3.13. The van der Waals surface area contributed by atoms with Crippen molar-refractivity contribution in [2.45, 2.75) is 45.7 Å². The molecule has 0 aromatic heterocycles. The normalized spacial score (nSPS) is 11.9. The van der Waals surface area contributed by atoms with Crippen LogP contribution >= 0.6 is 11.6 Å². The predicted octanol–water partition coefficient (Wildman–Crippen LogP) is 5.76. The van der Waals surface area contributed by atoms with Crippen LogP contribution in [0.1, 0.15) is 55.5 Å². The van der Waals surface area contributed by atoms with Crippen molar-refractivity contribution in [1.29, 1.82) is 0 Å². The summed E-state index contributed by atoms with van der Waals surface area (Å²) in [5.41, 5.74) is -0.856. The second-order valence-corrected chi connectivity index (χ2v) is 5.24. The predicted molar refractivity (Wildman–Crippen MR) is 74.1 cm³/mol. The van der Waals surface area contributed by atoms with Crippen molar-refractivity contribution < 1.29 is 18.0 Å². The number of hydrogen-bond acceptors (Lipinski definition) is 1. The number of carbonyl (C=O) groups is 1. The highest BCUT2D eigenvalue weighted by Crippen LogP contribution is 2.33. The lowest BCUT2D eigenvalue weighted by Gasteiger charge is -2.16. The summed E-state index contributed by atoms with van der Waals surface area (Å²) in [6.07, 6.45) is -1.51. The minimum absolute atomic E-state index is 0.0200. The molecule has 1 aromatic carbocycles. The van der Waals surface area contributed by atoms with E-state index in [2.05, 4.69) is 0 Å². The van der Waals surface area contributed by atoms with Gasteiger partial charge in [0.1, 0.15) is 0 Å². The molecule has 0 amide bonds. The first-order chi connectivity index (χ1) is 9.31. The van der Waals surface area contributed by atoms with Crippen molar-refractivity contribution in [2.75, 3.05) is 0 Å². The number of benzene rings is 1. The third-order valence-corrected chi connectivity index (χ3v) is 3.53. The Bertz CT molecular complexity index is 463. The highest BCUT2D eigenvalue weighted by molar-refractivity contribution is 6.34. The van der Waals surface area contributed by atoms with Crippen LogP contribution in [0.5, 0.6) is 0 Å². The summed E-state index contributed by atoms with van der Waals surface area (Å²) in [6, 6.07) is 2.91. The number of Topliss-reactive ketones (excluding diaryl/α,β-unsaturated/α-hetero) is 1. The molecule has 0 fully saturated rings. The first kappa shape index (κ1) is 17.0. The lowest BCUT2D eigenvalue weighted by molar-refractivity contribution is -0.137. The fourth-order valence-electron chi connectivity index (χ4n) is 2.21. The summed E-state index contributed by atoms with van der Waals surface area (Å²) in [6.45, 7) is 3.90. The van der Waals surface area contributed by atoms with E-state index < -0.39 is 11.7 Å². The van der Waals surface area contributed by atoms with Gasteiger partial charge in [0.25, 0.3) is 0 Å². The third kappa shape index (κ3) is 4.23. The van der Waals surface area contributed by atoms with Crippen LogP contribution in [-0.4, -0.2) is 5.78 Å². The van der Waals surface area contributed by atoms with Crippen LogP contribution in [0.3, 0.4) is 0 Å². The molecule has 0 radical (unpaired) electrons. The van der Waals surface area contributed by atoms with E-state index in [-0.39, 0.29) is 22.3 Å². The number of ketones is 1. The van der Waals surface area contributed by atoms with Crippen molar-refractivity contribution in [3.63, 3.8) is 0 Å². The van der Waals surface area contributed by atoms with E-state index in [4.69, 9.17) is 11.6 Å². The van der Waals surface area contributed by atoms with Gasteiger partial charge in [-0.25, -0.2) is 0 Å². The summed E-state index contributed by atoms with van der Waals surface area (Å²) in [4.78, 5) is 12.4. The van der Waals surface area contributed by atoms with Crippen LogP contribution in [0.15, 0.2) is 18.2 Å². The Morgan fingerprint density at radius 3 is 2.20 bits per heavy atom.